The molecule has 0 saturated carbocycles. The van der Waals surface area contributed by atoms with Crippen molar-refractivity contribution in [1.82, 2.24) is 4.98 Å². The van der Waals surface area contributed by atoms with Crippen LogP contribution in [0.3, 0.4) is 0 Å². The first kappa shape index (κ1) is 19.6. The number of ketones is 1. The van der Waals surface area contributed by atoms with Crippen LogP contribution in [-0.2, 0) is 0 Å². The number of unbranched alkanes of at least 4 members (excludes halogenated alkanes) is 1. The number of hydrogen-bond donors (Lipinski definition) is 0. The Morgan fingerprint density at radius 2 is 1.70 bits per heavy atom. The smallest absolute Gasteiger partial charge is 0.231 e. The Labute approximate surface area is 175 Å². The molecule has 0 fully saturated rings. The minimum absolute atomic E-state index is 0.148. The Bertz CT molecular complexity index is 1120. The fraction of sp³-hybridized carbons (Fsp3) is 0.154. The lowest BCUT2D eigenvalue weighted by Crippen LogP contribution is -2.04. The van der Waals surface area contributed by atoms with Crippen molar-refractivity contribution in [1.29, 1.82) is 0 Å². The van der Waals surface area contributed by atoms with E-state index in [9.17, 15) is 4.79 Å². The van der Waals surface area contributed by atoms with Gasteiger partial charge in [0.1, 0.15) is 11.3 Å². The van der Waals surface area contributed by atoms with Crippen molar-refractivity contribution in [2.45, 2.75) is 19.8 Å². The molecule has 1 heterocycles. The minimum Gasteiger partial charge on any atom is -0.494 e. The molecule has 0 radical (unpaired) electrons. The van der Waals surface area contributed by atoms with E-state index in [4.69, 9.17) is 9.15 Å². The standard InChI is InChI=1S/C26H23NO3/c1-2-3-17-29-21-15-13-20(14-16-21)25(28)22(18-19-9-5-4-6-10-19)26-27-23-11-7-8-12-24(23)30-26/h4-16,18H,2-3,17H2,1H3/b22-18-. The number of para-hydroxylation sites is 2. The van der Waals surface area contributed by atoms with Gasteiger partial charge in [0, 0.05) is 5.56 Å². The maximum absolute atomic E-state index is 13.4. The molecule has 0 saturated heterocycles. The van der Waals surface area contributed by atoms with Crippen LogP contribution >= 0.6 is 0 Å². The monoisotopic (exact) mass is 397 g/mol. The second-order valence-corrected chi connectivity index (χ2v) is 7.01. The van der Waals surface area contributed by atoms with Gasteiger partial charge < -0.3 is 9.15 Å². The molecule has 150 valence electrons. The molecule has 3 aromatic carbocycles. The SMILES string of the molecule is CCCCOc1ccc(C(=O)/C(=C/c2ccccc2)c2nc3ccccc3o2)cc1. The normalized spacial score (nSPS) is 11.6. The zero-order chi connectivity index (χ0) is 20.8. The molecule has 4 aromatic rings. The number of allylic oxidation sites excluding steroid dienone is 1. The molecule has 0 N–H and O–H groups in total. The molecule has 0 aliphatic heterocycles. The van der Waals surface area contributed by atoms with E-state index in [2.05, 4.69) is 11.9 Å². The first-order valence-electron chi connectivity index (χ1n) is 10.1. The van der Waals surface area contributed by atoms with Crippen LogP contribution in [0.5, 0.6) is 5.75 Å². The van der Waals surface area contributed by atoms with Crippen LogP contribution in [-0.4, -0.2) is 17.4 Å². The molecule has 0 aliphatic carbocycles. The predicted molar refractivity (Wildman–Crippen MR) is 119 cm³/mol. The lowest BCUT2D eigenvalue weighted by Gasteiger charge is -2.07. The van der Waals surface area contributed by atoms with Gasteiger partial charge in [0.2, 0.25) is 5.89 Å². The quantitative estimate of drug-likeness (QED) is 0.195. The zero-order valence-electron chi connectivity index (χ0n) is 16.9. The fourth-order valence-electron chi connectivity index (χ4n) is 3.12. The van der Waals surface area contributed by atoms with Crippen LogP contribution in [0.25, 0.3) is 22.7 Å². The Hall–Kier alpha value is -3.66. The van der Waals surface area contributed by atoms with Crippen LogP contribution in [0.15, 0.2) is 83.3 Å². The first-order chi connectivity index (χ1) is 14.7. The molecule has 0 aliphatic rings. The Morgan fingerprint density at radius 3 is 2.43 bits per heavy atom. The molecule has 0 unspecified atom stereocenters. The highest BCUT2D eigenvalue weighted by Crippen LogP contribution is 2.27. The van der Waals surface area contributed by atoms with Crippen LogP contribution in [0.2, 0.25) is 0 Å². The summed E-state index contributed by atoms with van der Waals surface area (Å²) in [5.41, 5.74) is 3.25. The van der Waals surface area contributed by atoms with E-state index < -0.39 is 0 Å². The van der Waals surface area contributed by atoms with Crippen molar-refractivity contribution in [3.8, 4) is 5.75 Å². The number of ether oxygens (including phenoxy) is 1. The van der Waals surface area contributed by atoms with Gasteiger partial charge in [-0.1, -0.05) is 55.8 Å². The number of oxazole rings is 1. The summed E-state index contributed by atoms with van der Waals surface area (Å²) in [6.45, 7) is 2.80. The van der Waals surface area contributed by atoms with Crippen LogP contribution in [0.1, 0.15) is 41.6 Å². The van der Waals surface area contributed by atoms with E-state index in [1.54, 1.807) is 12.1 Å². The van der Waals surface area contributed by atoms with E-state index in [1.165, 1.54) is 0 Å². The molecule has 4 rings (SSSR count). The average Bonchev–Trinajstić information content (AvgIpc) is 3.22. The predicted octanol–water partition coefficient (Wildman–Crippen LogP) is 6.43. The second-order valence-electron chi connectivity index (χ2n) is 7.01. The summed E-state index contributed by atoms with van der Waals surface area (Å²) in [5, 5.41) is 0. The van der Waals surface area contributed by atoms with E-state index in [0.29, 0.717) is 29.2 Å². The highest BCUT2D eigenvalue weighted by Gasteiger charge is 2.20. The van der Waals surface area contributed by atoms with Gasteiger partial charge in [-0.2, -0.15) is 0 Å². The fourth-order valence-corrected chi connectivity index (χ4v) is 3.12. The largest absolute Gasteiger partial charge is 0.494 e. The summed E-state index contributed by atoms with van der Waals surface area (Å²) in [6.07, 6.45) is 3.90. The number of nitrogens with zero attached hydrogens (tertiary/aromatic N) is 1. The Balaban J connectivity index is 1.68. The maximum Gasteiger partial charge on any atom is 0.231 e. The van der Waals surface area contributed by atoms with Gasteiger partial charge in [-0.25, -0.2) is 4.98 Å². The van der Waals surface area contributed by atoms with Gasteiger partial charge in [0.15, 0.2) is 11.4 Å². The number of rotatable bonds is 8. The van der Waals surface area contributed by atoms with Crippen LogP contribution in [0, 0.1) is 0 Å². The summed E-state index contributed by atoms with van der Waals surface area (Å²) in [7, 11) is 0. The number of aromatic nitrogens is 1. The van der Waals surface area contributed by atoms with Crippen molar-refractivity contribution in [2.75, 3.05) is 6.61 Å². The van der Waals surface area contributed by atoms with E-state index in [-0.39, 0.29) is 5.78 Å². The Kier molecular flexibility index (Phi) is 6.04. The van der Waals surface area contributed by atoms with Gasteiger partial charge in [-0.3, -0.25) is 4.79 Å². The Morgan fingerprint density at radius 1 is 0.967 bits per heavy atom. The molecular formula is C26H23NO3. The van der Waals surface area contributed by atoms with Crippen molar-refractivity contribution < 1.29 is 13.9 Å². The molecule has 0 amide bonds. The third kappa shape index (κ3) is 4.49. The zero-order valence-corrected chi connectivity index (χ0v) is 16.9. The van der Waals surface area contributed by atoms with Gasteiger partial charge in [-0.15, -0.1) is 0 Å². The highest BCUT2D eigenvalue weighted by molar-refractivity contribution is 6.31. The van der Waals surface area contributed by atoms with Crippen molar-refractivity contribution >= 4 is 28.5 Å². The molecule has 0 atom stereocenters. The number of carbonyl (C=O) groups excluding carboxylic acids is 1. The third-order valence-electron chi connectivity index (χ3n) is 4.76. The van der Waals surface area contributed by atoms with Gasteiger partial charge >= 0.3 is 0 Å². The number of hydrogen-bond acceptors (Lipinski definition) is 4. The topological polar surface area (TPSA) is 52.3 Å². The molecule has 0 spiro atoms. The summed E-state index contributed by atoms with van der Waals surface area (Å²) in [4.78, 5) is 17.9. The van der Waals surface area contributed by atoms with Gasteiger partial charge in [0.05, 0.1) is 12.2 Å². The van der Waals surface area contributed by atoms with Gasteiger partial charge in [0.25, 0.3) is 0 Å². The number of fused-ring (bicyclic) bond motifs is 1. The number of benzene rings is 3. The van der Waals surface area contributed by atoms with Crippen molar-refractivity contribution in [2.24, 2.45) is 0 Å². The minimum atomic E-state index is -0.148. The number of carbonyl (C=O) groups is 1. The summed E-state index contributed by atoms with van der Waals surface area (Å²) >= 11 is 0. The summed E-state index contributed by atoms with van der Waals surface area (Å²) < 4.78 is 11.6. The summed E-state index contributed by atoms with van der Waals surface area (Å²) in [5.74, 6) is 0.925. The highest BCUT2D eigenvalue weighted by atomic mass is 16.5. The second kappa shape index (κ2) is 9.23. The third-order valence-corrected chi connectivity index (χ3v) is 4.76. The molecule has 30 heavy (non-hydrogen) atoms. The van der Waals surface area contributed by atoms with E-state index >= 15 is 0 Å². The van der Waals surface area contributed by atoms with Gasteiger partial charge in [-0.05, 0) is 54.5 Å². The lowest BCUT2D eigenvalue weighted by molar-refractivity contribution is 0.105. The molecule has 4 heteroatoms. The average molecular weight is 397 g/mol. The van der Waals surface area contributed by atoms with E-state index in [1.807, 2.05) is 72.8 Å². The molecule has 1 aromatic heterocycles. The van der Waals surface area contributed by atoms with Crippen LogP contribution < -0.4 is 4.74 Å². The van der Waals surface area contributed by atoms with Crippen molar-refractivity contribution in [3.63, 3.8) is 0 Å². The first-order valence-corrected chi connectivity index (χ1v) is 10.1. The van der Waals surface area contributed by atoms with Crippen LogP contribution in [0.4, 0.5) is 0 Å². The number of Topliss-reactive ketones (excluding diaryl/α,β-unsaturated/α-hetero) is 1. The molecule has 4 nitrogen and oxygen atoms in total. The van der Waals surface area contributed by atoms with Crippen molar-refractivity contribution in [3.05, 3.63) is 95.9 Å². The molecular weight excluding hydrogens is 374 g/mol. The van der Waals surface area contributed by atoms with E-state index in [0.717, 1.165) is 29.7 Å². The lowest BCUT2D eigenvalue weighted by atomic mass is 10.0. The summed E-state index contributed by atoms with van der Waals surface area (Å²) in [6, 6.07) is 24.4. The molecule has 0 bridgehead atoms. The maximum atomic E-state index is 13.4.